The molecule has 9 nitrogen and oxygen atoms in total. The van der Waals surface area contributed by atoms with E-state index in [0.717, 1.165) is 15.9 Å². The van der Waals surface area contributed by atoms with Crippen LogP contribution in [-0.4, -0.2) is 40.7 Å². The van der Waals surface area contributed by atoms with Crippen molar-refractivity contribution < 1.29 is 19.1 Å². The number of imidazole rings is 1. The molecule has 216 valence electrons. The number of aryl methyl sites for hydroxylation is 1. The predicted molar refractivity (Wildman–Crippen MR) is 169 cm³/mol. The van der Waals surface area contributed by atoms with Gasteiger partial charge in [-0.25, -0.2) is 4.98 Å². The topological polar surface area (TPSA) is 105 Å². The van der Waals surface area contributed by atoms with Gasteiger partial charge in [0.05, 0.1) is 22.9 Å². The molecule has 0 aliphatic carbocycles. The van der Waals surface area contributed by atoms with Crippen molar-refractivity contribution in [2.45, 2.75) is 13.5 Å². The Hall–Kier alpha value is -4.12. The fourth-order valence-corrected chi connectivity index (χ4v) is 4.86. The van der Waals surface area contributed by atoms with E-state index in [-0.39, 0.29) is 24.1 Å². The largest absolute Gasteiger partial charge is 0.485 e. The summed E-state index contributed by atoms with van der Waals surface area (Å²) in [6, 6.07) is 13.8. The molecule has 4 aromatic rings. The van der Waals surface area contributed by atoms with Gasteiger partial charge in [-0.05, 0) is 77.0 Å². The SMILES string of the molecule is C=CC(=O)Nc1ccc(C=CC(=O)NCC(=O)N(C)c2ccc(Cl)c(COc3cccn4c(Br)c(C)nc34)c2Cl)cc1. The summed E-state index contributed by atoms with van der Waals surface area (Å²) >= 11 is 16.6. The van der Waals surface area contributed by atoms with Gasteiger partial charge in [0.15, 0.2) is 11.4 Å². The smallest absolute Gasteiger partial charge is 0.247 e. The Morgan fingerprint density at radius 2 is 1.86 bits per heavy atom. The van der Waals surface area contributed by atoms with Crippen molar-refractivity contribution in [2.24, 2.45) is 0 Å². The van der Waals surface area contributed by atoms with Crippen LogP contribution in [0.25, 0.3) is 11.7 Å². The summed E-state index contributed by atoms with van der Waals surface area (Å²) < 4.78 is 8.73. The number of hydrogen-bond donors (Lipinski definition) is 2. The van der Waals surface area contributed by atoms with Gasteiger partial charge >= 0.3 is 0 Å². The van der Waals surface area contributed by atoms with Crippen LogP contribution < -0.4 is 20.3 Å². The maximum absolute atomic E-state index is 12.9. The van der Waals surface area contributed by atoms with Crippen LogP contribution in [0.5, 0.6) is 5.75 Å². The molecule has 0 fully saturated rings. The number of carbonyl (C=O) groups excluding carboxylic acids is 3. The highest BCUT2D eigenvalue weighted by Gasteiger charge is 2.20. The van der Waals surface area contributed by atoms with E-state index in [9.17, 15) is 14.4 Å². The second kappa shape index (κ2) is 13.7. The Bertz CT molecular complexity index is 1700. The lowest BCUT2D eigenvalue weighted by Gasteiger charge is -2.21. The number of likely N-dealkylation sites (N-methyl/N-ethyl adjacent to an activating group) is 1. The van der Waals surface area contributed by atoms with E-state index in [1.54, 1.807) is 55.6 Å². The van der Waals surface area contributed by atoms with E-state index in [2.05, 4.69) is 38.1 Å². The van der Waals surface area contributed by atoms with E-state index >= 15 is 0 Å². The molecule has 0 atom stereocenters. The first-order valence-corrected chi connectivity index (χ1v) is 14.1. The number of fused-ring (bicyclic) bond motifs is 1. The third-order valence-corrected chi connectivity index (χ3v) is 7.92. The molecule has 2 heterocycles. The van der Waals surface area contributed by atoms with Crippen LogP contribution in [0.4, 0.5) is 11.4 Å². The van der Waals surface area contributed by atoms with Crippen molar-refractivity contribution in [2.75, 3.05) is 23.8 Å². The van der Waals surface area contributed by atoms with Crippen molar-refractivity contribution in [3.8, 4) is 5.75 Å². The van der Waals surface area contributed by atoms with Gasteiger partial charge in [-0.3, -0.25) is 18.8 Å². The van der Waals surface area contributed by atoms with Crippen LogP contribution in [0.3, 0.4) is 0 Å². The number of anilines is 2. The van der Waals surface area contributed by atoms with E-state index < -0.39 is 11.8 Å². The van der Waals surface area contributed by atoms with Crippen LogP contribution in [-0.2, 0) is 21.0 Å². The second-order valence-corrected chi connectivity index (χ2v) is 10.6. The van der Waals surface area contributed by atoms with E-state index in [1.807, 2.05) is 23.6 Å². The number of aromatic nitrogens is 2. The lowest BCUT2D eigenvalue weighted by atomic mass is 10.2. The van der Waals surface area contributed by atoms with Gasteiger partial charge in [-0.15, -0.1) is 0 Å². The monoisotopic (exact) mass is 669 g/mol. The highest BCUT2D eigenvalue weighted by Crippen LogP contribution is 2.35. The lowest BCUT2D eigenvalue weighted by Crippen LogP contribution is -2.37. The normalized spacial score (nSPS) is 11.0. The Morgan fingerprint density at radius 3 is 2.57 bits per heavy atom. The number of halogens is 3. The molecule has 0 aliphatic rings. The minimum atomic E-state index is -0.452. The number of benzene rings is 2. The zero-order valence-electron chi connectivity index (χ0n) is 22.7. The molecule has 0 unspecified atom stereocenters. The van der Waals surface area contributed by atoms with Gasteiger partial charge in [0.2, 0.25) is 17.7 Å². The summed E-state index contributed by atoms with van der Waals surface area (Å²) in [5.74, 6) is -0.618. The number of pyridine rings is 1. The fraction of sp³-hybridized carbons (Fsp3) is 0.133. The van der Waals surface area contributed by atoms with Gasteiger partial charge in [-0.2, -0.15) is 0 Å². The molecular weight excluding hydrogens is 645 g/mol. The van der Waals surface area contributed by atoms with Crippen molar-refractivity contribution >= 4 is 80.0 Å². The lowest BCUT2D eigenvalue weighted by molar-refractivity contribution is -0.122. The molecule has 0 saturated heterocycles. The Labute approximate surface area is 260 Å². The number of hydrogen-bond acceptors (Lipinski definition) is 5. The number of nitrogens with one attached hydrogen (secondary N) is 2. The molecular formula is C30H26BrCl2N5O4. The van der Waals surface area contributed by atoms with Crippen molar-refractivity contribution in [3.63, 3.8) is 0 Å². The summed E-state index contributed by atoms with van der Waals surface area (Å²) in [6.45, 7) is 5.08. The standard InChI is InChI=1S/C30H26BrCl2N5O4/c1-4-25(39)36-20-10-7-19(8-11-20)9-14-26(40)34-16-27(41)37(3)23-13-12-22(32)21(28(23)33)17-42-24-6-5-15-38-29(31)18(2)35-30(24)38/h4-15H,1,16-17H2,2-3H3,(H,34,40)(H,36,39). The minimum Gasteiger partial charge on any atom is -0.485 e. The maximum atomic E-state index is 12.9. The first-order valence-electron chi connectivity index (χ1n) is 12.6. The van der Waals surface area contributed by atoms with Gasteiger partial charge in [0, 0.05) is 35.6 Å². The molecule has 0 aliphatic heterocycles. The third kappa shape index (κ3) is 7.20. The molecule has 2 aromatic carbocycles. The quantitative estimate of drug-likeness (QED) is 0.195. The average Bonchev–Trinajstić information content (AvgIpc) is 3.28. The first-order chi connectivity index (χ1) is 20.1. The van der Waals surface area contributed by atoms with Gasteiger partial charge in [0.1, 0.15) is 11.2 Å². The zero-order valence-corrected chi connectivity index (χ0v) is 25.8. The number of nitrogens with zero attached hydrogens (tertiary/aromatic N) is 3. The molecule has 0 saturated carbocycles. The van der Waals surface area contributed by atoms with E-state index in [4.69, 9.17) is 27.9 Å². The Kier molecular flexibility index (Phi) is 10.1. The molecule has 2 aromatic heterocycles. The number of ether oxygens (including phenoxy) is 1. The van der Waals surface area contributed by atoms with Crippen molar-refractivity contribution in [3.05, 3.63) is 105 Å². The molecule has 0 spiro atoms. The van der Waals surface area contributed by atoms with Gasteiger partial charge in [0.25, 0.3) is 0 Å². The summed E-state index contributed by atoms with van der Waals surface area (Å²) in [6.07, 6.45) is 5.95. The fourth-order valence-electron chi connectivity index (χ4n) is 3.88. The van der Waals surface area contributed by atoms with E-state index in [1.165, 1.54) is 17.1 Å². The van der Waals surface area contributed by atoms with E-state index in [0.29, 0.717) is 33.4 Å². The molecule has 2 N–H and O–H groups in total. The third-order valence-electron chi connectivity index (χ3n) is 6.19. The van der Waals surface area contributed by atoms with Crippen LogP contribution in [0.2, 0.25) is 10.0 Å². The maximum Gasteiger partial charge on any atom is 0.247 e. The highest BCUT2D eigenvalue weighted by atomic mass is 79.9. The van der Waals surface area contributed by atoms with Gasteiger partial charge in [-0.1, -0.05) is 41.9 Å². The summed E-state index contributed by atoms with van der Waals surface area (Å²) in [5.41, 5.74) is 3.70. The van der Waals surface area contributed by atoms with Crippen molar-refractivity contribution in [1.82, 2.24) is 14.7 Å². The highest BCUT2D eigenvalue weighted by molar-refractivity contribution is 9.10. The number of carbonyl (C=O) groups is 3. The van der Waals surface area contributed by atoms with Crippen LogP contribution in [0.15, 0.2) is 78.1 Å². The average molecular weight is 671 g/mol. The molecule has 4 rings (SSSR count). The van der Waals surface area contributed by atoms with Crippen molar-refractivity contribution in [1.29, 1.82) is 0 Å². The number of rotatable bonds is 10. The van der Waals surface area contributed by atoms with Crippen LogP contribution >= 0.6 is 39.1 Å². The van der Waals surface area contributed by atoms with Gasteiger partial charge < -0.3 is 20.3 Å². The molecule has 0 radical (unpaired) electrons. The molecule has 3 amide bonds. The Balaban J connectivity index is 1.37. The Morgan fingerprint density at radius 1 is 1.12 bits per heavy atom. The second-order valence-electron chi connectivity index (χ2n) is 9.02. The molecule has 0 bridgehead atoms. The molecule has 42 heavy (non-hydrogen) atoms. The zero-order chi connectivity index (χ0) is 30.4. The van der Waals surface area contributed by atoms with Crippen LogP contribution in [0, 0.1) is 6.92 Å². The van der Waals surface area contributed by atoms with Crippen LogP contribution in [0.1, 0.15) is 16.8 Å². The number of amides is 3. The summed E-state index contributed by atoms with van der Waals surface area (Å²) in [7, 11) is 1.56. The summed E-state index contributed by atoms with van der Waals surface area (Å²) in [5, 5.41) is 5.85. The minimum absolute atomic E-state index is 0.0415. The first kappa shape index (κ1) is 30.8. The summed E-state index contributed by atoms with van der Waals surface area (Å²) in [4.78, 5) is 42.5. The predicted octanol–water partition coefficient (Wildman–Crippen LogP) is 6.21. The molecule has 12 heteroatoms.